The molecule has 5 nitrogen and oxygen atoms in total. The number of aryl methyl sites for hydroxylation is 1. The predicted octanol–water partition coefficient (Wildman–Crippen LogP) is 3.35. The van der Waals surface area contributed by atoms with E-state index in [-0.39, 0.29) is 11.5 Å². The first-order valence-corrected chi connectivity index (χ1v) is 8.73. The van der Waals surface area contributed by atoms with Gasteiger partial charge in [-0.25, -0.2) is 4.98 Å². The van der Waals surface area contributed by atoms with E-state index in [2.05, 4.69) is 4.98 Å². The largest absolute Gasteiger partial charge is 0.468 e. The highest BCUT2D eigenvalue weighted by Gasteiger charge is 2.21. The minimum absolute atomic E-state index is 0.153. The summed E-state index contributed by atoms with van der Waals surface area (Å²) in [6.07, 6.45) is 0. The zero-order chi connectivity index (χ0) is 18.0. The van der Waals surface area contributed by atoms with Crippen LogP contribution in [0.1, 0.15) is 12.5 Å². The van der Waals surface area contributed by atoms with Crippen molar-refractivity contribution >= 4 is 28.6 Å². The van der Waals surface area contributed by atoms with E-state index in [9.17, 15) is 9.59 Å². The Balaban J connectivity index is 2.27. The first kappa shape index (κ1) is 17.2. The molecule has 3 rings (SSSR count). The number of carbonyl (C=O) groups is 1. The zero-order valence-corrected chi connectivity index (χ0v) is 15.0. The van der Waals surface area contributed by atoms with Crippen molar-refractivity contribution < 1.29 is 9.53 Å². The molecule has 0 N–H and O–H groups in total. The zero-order valence-electron chi connectivity index (χ0n) is 14.2. The third kappa shape index (κ3) is 3.30. The van der Waals surface area contributed by atoms with E-state index in [0.717, 1.165) is 11.3 Å². The summed E-state index contributed by atoms with van der Waals surface area (Å²) < 4.78 is 6.37. The van der Waals surface area contributed by atoms with Gasteiger partial charge in [-0.2, -0.15) is 0 Å². The molecule has 0 spiro atoms. The summed E-state index contributed by atoms with van der Waals surface area (Å²) in [5.74, 6) is -0.358. The molecule has 3 aromatic rings. The molecule has 0 radical (unpaired) electrons. The van der Waals surface area contributed by atoms with Crippen LogP contribution >= 0.6 is 11.8 Å². The first-order valence-electron chi connectivity index (χ1n) is 7.85. The second-order valence-corrected chi connectivity index (χ2v) is 6.93. The lowest BCUT2D eigenvalue weighted by molar-refractivity contribution is -0.139. The van der Waals surface area contributed by atoms with E-state index >= 15 is 0 Å². The molecule has 0 amide bonds. The van der Waals surface area contributed by atoms with Crippen molar-refractivity contribution in [2.24, 2.45) is 0 Å². The number of aromatic nitrogens is 2. The van der Waals surface area contributed by atoms with Gasteiger partial charge in [0.2, 0.25) is 0 Å². The molecule has 1 heterocycles. The number of esters is 1. The fourth-order valence-corrected chi connectivity index (χ4v) is 3.54. The standard InChI is InChI=1S/C19H18N2O3S/c1-12-8-4-7-11-16(12)21-17(22)14-9-5-6-10-15(14)20-19(21)25-13(2)18(23)24-3/h4-11,13H,1-3H3/t13-/m1/s1. The molecule has 0 aliphatic rings. The molecule has 1 aromatic heterocycles. The number of hydrogen-bond acceptors (Lipinski definition) is 5. The van der Waals surface area contributed by atoms with Crippen molar-refractivity contribution in [3.8, 4) is 5.69 Å². The van der Waals surface area contributed by atoms with Gasteiger partial charge in [-0.1, -0.05) is 42.1 Å². The van der Waals surface area contributed by atoms with Crippen molar-refractivity contribution in [3.63, 3.8) is 0 Å². The van der Waals surface area contributed by atoms with Crippen molar-refractivity contribution in [1.29, 1.82) is 0 Å². The molecule has 0 bridgehead atoms. The van der Waals surface area contributed by atoms with Crippen molar-refractivity contribution in [2.45, 2.75) is 24.3 Å². The summed E-state index contributed by atoms with van der Waals surface area (Å²) in [6.45, 7) is 3.68. The summed E-state index contributed by atoms with van der Waals surface area (Å²) in [5, 5.41) is 0.532. The van der Waals surface area contributed by atoms with E-state index in [4.69, 9.17) is 4.74 Å². The van der Waals surface area contributed by atoms with Crippen LogP contribution < -0.4 is 5.56 Å². The molecular formula is C19H18N2O3S. The van der Waals surface area contributed by atoms with E-state index in [1.54, 1.807) is 23.6 Å². The number of rotatable bonds is 4. The molecule has 0 fully saturated rings. The van der Waals surface area contributed by atoms with Crippen LogP contribution in [0.3, 0.4) is 0 Å². The Bertz CT molecular complexity index is 997. The molecule has 0 saturated heterocycles. The lowest BCUT2D eigenvalue weighted by Gasteiger charge is -2.16. The van der Waals surface area contributed by atoms with E-state index in [0.29, 0.717) is 16.1 Å². The third-order valence-electron chi connectivity index (χ3n) is 3.92. The highest BCUT2D eigenvalue weighted by molar-refractivity contribution is 8.00. The van der Waals surface area contributed by atoms with Crippen LogP contribution in [-0.2, 0) is 9.53 Å². The van der Waals surface area contributed by atoms with Gasteiger partial charge in [0.15, 0.2) is 5.16 Å². The Hall–Kier alpha value is -2.60. The summed E-state index contributed by atoms with van der Waals surface area (Å²) in [6, 6.07) is 14.8. The molecule has 0 unspecified atom stereocenters. The average molecular weight is 354 g/mol. The molecule has 0 aliphatic heterocycles. The molecule has 0 saturated carbocycles. The monoisotopic (exact) mass is 354 g/mol. The molecule has 128 valence electrons. The summed E-state index contributed by atoms with van der Waals surface area (Å²) in [7, 11) is 1.35. The fourth-order valence-electron chi connectivity index (χ4n) is 2.59. The maximum absolute atomic E-state index is 13.1. The molecule has 1 atom stereocenters. The average Bonchev–Trinajstić information content (AvgIpc) is 2.62. The van der Waals surface area contributed by atoms with Crippen molar-refractivity contribution in [2.75, 3.05) is 7.11 Å². The van der Waals surface area contributed by atoms with Crippen molar-refractivity contribution in [3.05, 3.63) is 64.4 Å². The number of hydrogen-bond donors (Lipinski definition) is 0. The fraction of sp³-hybridized carbons (Fsp3) is 0.211. The van der Waals surface area contributed by atoms with Gasteiger partial charge in [0.1, 0.15) is 5.25 Å². The summed E-state index contributed by atoms with van der Waals surface area (Å²) >= 11 is 1.21. The third-order valence-corrected chi connectivity index (χ3v) is 4.95. The predicted molar refractivity (Wildman–Crippen MR) is 99.4 cm³/mol. The molecule has 6 heteroatoms. The van der Waals surface area contributed by atoms with Gasteiger partial charge in [-0.15, -0.1) is 0 Å². The van der Waals surface area contributed by atoms with Crippen LogP contribution in [-0.4, -0.2) is 27.9 Å². The Labute approximate surface area is 149 Å². The first-order chi connectivity index (χ1) is 12.0. The van der Waals surface area contributed by atoms with Gasteiger partial charge in [0.25, 0.3) is 5.56 Å². The Kier molecular flexibility index (Phi) is 4.90. The van der Waals surface area contributed by atoms with Crippen LogP contribution in [0.15, 0.2) is 58.5 Å². The maximum atomic E-state index is 13.1. The number of nitrogens with zero attached hydrogens (tertiary/aromatic N) is 2. The number of fused-ring (bicyclic) bond motifs is 1. The number of carbonyl (C=O) groups excluding carboxylic acids is 1. The second-order valence-electron chi connectivity index (χ2n) is 5.62. The van der Waals surface area contributed by atoms with Gasteiger partial charge in [0.05, 0.1) is 23.7 Å². The van der Waals surface area contributed by atoms with Crippen LogP contribution in [0.25, 0.3) is 16.6 Å². The minimum Gasteiger partial charge on any atom is -0.468 e. The topological polar surface area (TPSA) is 61.2 Å². The van der Waals surface area contributed by atoms with E-state index in [1.165, 1.54) is 18.9 Å². The Morgan fingerprint density at radius 2 is 1.84 bits per heavy atom. The smallest absolute Gasteiger partial charge is 0.318 e. The lowest BCUT2D eigenvalue weighted by atomic mass is 10.2. The minimum atomic E-state index is -0.478. The molecule has 0 aliphatic carbocycles. The SMILES string of the molecule is COC(=O)[C@@H](C)Sc1nc2ccccc2c(=O)n1-c1ccccc1C. The highest BCUT2D eigenvalue weighted by atomic mass is 32.2. The number of ether oxygens (including phenoxy) is 1. The molecular weight excluding hydrogens is 336 g/mol. The van der Waals surface area contributed by atoms with Crippen LogP contribution in [0, 0.1) is 6.92 Å². The van der Waals surface area contributed by atoms with Gasteiger partial charge in [-0.05, 0) is 37.6 Å². The van der Waals surface area contributed by atoms with Crippen molar-refractivity contribution in [1.82, 2.24) is 9.55 Å². The lowest BCUT2D eigenvalue weighted by Crippen LogP contribution is -2.24. The number of benzene rings is 2. The van der Waals surface area contributed by atoms with Crippen LogP contribution in [0.2, 0.25) is 0 Å². The Morgan fingerprint density at radius 3 is 2.56 bits per heavy atom. The van der Waals surface area contributed by atoms with Crippen LogP contribution in [0.4, 0.5) is 0 Å². The van der Waals surface area contributed by atoms with E-state index in [1.807, 2.05) is 43.3 Å². The highest BCUT2D eigenvalue weighted by Crippen LogP contribution is 2.26. The van der Waals surface area contributed by atoms with Gasteiger partial charge < -0.3 is 4.74 Å². The quantitative estimate of drug-likeness (QED) is 0.408. The van der Waals surface area contributed by atoms with Gasteiger partial charge in [-0.3, -0.25) is 14.2 Å². The Morgan fingerprint density at radius 1 is 1.16 bits per heavy atom. The van der Waals surface area contributed by atoms with E-state index < -0.39 is 5.25 Å². The normalized spacial score (nSPS) is 12.1. The number of para-hydroxylation sites is 2. The molecule has 2 aromatic carbocycles. The van der Waals surface area contributed by atoms with Gasteiger partial charge in [0, 0.05) is 0 Å². The maximum Gasteiger partial charge on any atom is 0.318 e. The summed E-state index contributed by atoms with van der Waals surface area (Å²) in [4.78, 5) is 29.6. The summed E-state index contributed by atoms with van der Waals surface area (Å²) in [5.41, 5.74) is 2.16. The number of methoxy groups -OCH3 is 1. The van der Waals surface area contributed by atoms with Crippen LogP contribution in [0.5, 0.6) is 0 Å². The second kappa shape index (κ2) is 7.11. The molecule has 25 heavy (non-hydrogen) atoms. The number of thioether (sulfide) groups is 1. The van der Waals surface area contributed by atoms with Gasteiger partial charge >= 0.3 is 5.97 Å².